The van der Waals surface area contributed by atoms with Gasteiger partial charge < -0.3 is 5.32 Å². The quantitative estimate of drug-likeness (QED) is 0.682. The van der Waals surface area contributed by atoms with Crippen molar-refractivity contribution >= 4 is 76.1 Å². The number of nitrogens with one attached hydrogen (secondary N) is 1. The van der Waals surface area contributed by atoms with Gasteiger partial charge in [0, 0.05) is 4.47 Å². The van der Waals surface area contributed by atoms with Gasteiger partial charge in [0.05, 0.1) is 14.5 Å². The van der Waals surface area contributed by atoms with Crippen LogP contribution in [0.15, 0.2) is 16.6 Å². The molecule has 1 atom stereocenters. The lowest BCUT2D eigenvalue weighted by Gasteiger charge is -2.06. The van der Waals surface area contributed by atoms with Crippen molar-refractivity contribution in [1.82, 2.24) is 4.98 Å². The lowest BCUT2D eigenvalue weighted by Crippen LogP contribution is -2.22. The van der Waals surface area contributed by atoms with Crippen LogP contribution in [0.5, 0.6) is 0 Å². The molecular formula is C12H11Br2ClN2OS. The predicted molar refractivity (Wildman–Crippen MR) is 88.6 cm³/mol. The van der Waals surface area contributed by atoms with E-state index in [0.29, 0.717) is 15.7 Å². The fourth-order valence-corrected chi connectivity index (χ4v) is 4.15. The number of amides is 1. The molecule has 2 rings (SSSR count). The maximum Gasteiger partial charge on any atom is 0.239 e. The van der Waals surface area contributed by atoms with Crippen molar-refractivity contribution in [2.45, 2.75) is 24.6 Å². The van der Waals surface area contributed by atoms with Gasteiger partial charge in [-0.25, -0.2) is 4.98 Å². The molecule has 1 aromatic heterocycles. The normalized spacial score (nSPS) is 12.6. The van der Waals surface area contributed by atoms with Gasteiger partial charge in [-0.3, -0.25) is 4.79 Å². The van der Waals surface area contributed by atoms with Gasteiger partial charge >= 0.3 is 0 Å². The number of alkyl halides is 1. The molecule has 19 heavy (non-hydrogen) atoms. The lowest BCUT2D eigenvalue weighted by atomic mass is 10.2. The molecule has 0 spiro atoms. The highest BCUT2D eigenvalue weighted by Crippen LogP contribution is 2.34. The van der Waals surface area contributed by atoms with Gasteiger partial charge in [-0.05, 0) is 18.6 Å². The Bertz CT molecular complexity index is 617. The Labute approximate surface area is 137 Å². The van der Waals surface area contributed by atoms with Crippen molar-refractivity contribution in [2.24, 2.45) is 0 Å². The van der Waals surface area contributed by atoms with E-state index >= 15 is 0 Å². The lowest BCUT2D eigenvalue weighted by molar-refractivity contribution is -0.115. The molecule has 1 N–H and O–H groups in total. The largest absolute Gasteiger partial charge is 0.301 e. The number of carbonyl (C=O) groups is 1. The summed E-state index contributed by atoms with van der Waals surface area (Å²) in [6.07, 6.45) is 1.74. The summed E-state index contributed by atoms with van der Waals surface area (Å²) >= 11 is 14.3. The summed E-state index contributed by atoms with van der Waals surface area (Å²) in [6.45, 7) is 2.04. The summed E-state index contributed by atoms with van der Waals surface area (Å²) in [5.74, 6) is -0.0731. The molecular weight excluding hydrogens is 415 g/mol. The van der Waals surface area contributed by atoms with Gasteiger partial charge in [0.1, 0.15) is 5.52 Å². The summed E-state index contributed by atoms with van der Waals surface area (Å²) in [5, 5.41) is 3.95. The summed E-state index contributed by atoms with van der Waals surface area (Å²) in [6, 6.07) is 3.73. The minimum absolute atomic E-state index is 0.0731. The smallest absolute Gasteiger partial charge is 0.239 e. The summed E-state index contributed by atoms with van der Waals surface area (Å²) < 4.78 is 1.84. The second-order valence-electron chi connectivity index (χ2n) is 4.00. The fraction of sp³-hybridized carbons (Fsp3) is 0.333. The van der Waals surface area contributed by atoms with Gasteiger partial charge in [-0.1, -0.05) is 68.1 Å². The zero-order valence-electron chi connectivity index (χ0n) is 10.0. The zero-order valence-corrected chi connectivity index (χ0v) is 14.8. The van der Waals surface area contributed by atoms with Crippen LogP contribution < -0.4 is 5.32 Å². The zero-order chi connectivity index (χ0) is 14.0. The third kappa shape index (κ3) is 3.68. The van der Waals surface area contributed by atoms with E-state index in [4.69, 9.17) is 11.6 Å². The molecule has 0 aliphatic heterocycles. The Morgan fingerprint density at radius 1 is 1.58 bits per heavy atom. The van der Waals surface area contributed by atoms with E-state index in [9.17, 15) is 4.79 Å². The predicted octanol–water partition coefficient (Wildman–Crippen LogP) is 5.21. The van der Waals surface area contributed by atoms with Gasteiger partial charge in [0.2, 0.25) is 5.91 Å². The Hall–Kier alpha value is -0.170. The van der Waals surface area contributed by atoms with Crippen LogP contribution in [-0.2, 0) is 4.79 Å². The van der Waals surface area contributed by atoms with E-state index in [-0.39, 0.29) is 10.7 Å². The van der Waals surface area contributed by atoms with Crippen LogP contribution in [0.2, 0.25) is 5.02 Å². The number of rotatable bonds is 4. The number of thiazole rings is 1. The molecule has 3 nitrogen and oxygen atoms in total. The summed E-state index contributed by atoms with van der Waals surface area (Å²) in [7, 11) is 0. The number of anilines is 1. The molecule has 0 bridgehead atoms. The molecule has 2 aromatic rings. The van der Waals surface area contributed by atoms with E-state index in [0.717, 1.165) is 22.0 Å². The number of carbonyl (C=O) groups excluding carboxylic acids is 1. The Morgan fingerprint density at radius 2 is 2.32 bits per heavy atom. The molecule has 1 amide bonds. The van der Waals surface area contributed by atoms with E-state index in [1.807, 2.05) is 13.0 Å². The van der Waals surface area contributed by atoms with Crippen molar-refractivity contribution in [3.8, 4) is 0 Å². The first-order valence-electron chi connectivity index (χ1n) is 5.71. The first-order valence-corrected chi connectivity index (χ1v) is 8.62. The minimum atomic E-state index is -0.188. The highest BCUT2D eigenvalue weighted by molar-refractivity contribution is 9.10. The van der Waals surface area contributed by atoms with Crippen molar-refractivity contribution < 1.29 is 4.79 Å². The number of hydrogen-bond acceptors (Lipinski definition) is 3. The standard InChI is InChI=1S/C12H11Br2ClN2OS/c1-2-3-7(14)11(18)17-12-16-10-8(15)4-6(13)5-9(10)19-12/h4-5,7H,2-3H2,1H3,(H,16,17,18). The summed E-state index contributed by atoms with van der Waals surface area (Å²) in [4.78, 5) is 16.1. The number of hydrogen-bond donors (Lipinski definition) is 1. The Morgan fingerprint density at radius 3 is 3.00 bits per heavy atom. The highest BCUT2D eigenvalue weighted by Gasteiger charge is 2.16. The number of aromatic nitrogens is 1. The van der Waals surface area contributed by atoms with Crippen LogP contribution in [0.3, 0.4) is 0 Å². The Balaban J connectivity index is 2.22. The Kier molecular flexibility index (Phi) is 5.22. The molecule has 0 radical (unpaired) electrons. The molecule has 7 heteroatoms. The molecule has 1 heterocycles. The van der Waals surface area contributed by atoms with Gasteiger partial charge in [-0.15, -0.1) is 0 Å². The van der Waals surface area contributed by atoms with Crippen LogP contribution in [0.4, 0.5) is 5.13 Å². The monoisotopic (exact) mass is 424 g/mol. The maximum atomic E-state index is 11.9. The molecule has 0 aliphatic rings. The number of nitrogens with zero attached hydrogens (tertiary/aromatic N) is 1. The highest BCUT2D eigenvalue weighted by atomic mass is 79.9. The van der Waals surface area contributed by atoms with Crippen LogP contribution in [-0.4, -0.2) is 15.7 Å². The number of halogens is 3. The molecule has 1 aromatic carbocycles. The molecule has 0 saturated heterocycles. The SMILES string of the molecule is CCCC(Br)C(=O)Nc1nc2c(Cl)cc(Br)cc2s1. The van der Waals surface area contributed by atoms with E-state index < -0.39 is 0 Å². The number of fused-ring (bicyclic) bond motifs is 1. The average Bonchev–Trinajstić information content (AvgIpc) is 2.72. The van der Waals surface area contributed by atoms with Gasteiger partial charge in [0.15, 0.2) is 5.13 Å². The van der Waals surface area contributed by atoms with Crippen molar-refractivity contribution in [3.05, 3.63) is 21.6 Å². The molecule has 0 saturated carbocycles. The molecule has 0 aliphatic carbocycles. The third-order valence-corrected chi connectivity index (χ3v) is 5.01. The third-order valence-electron chi connectivity index (χ3n) is 2.47. The second-order valence-corrected chi connectivity index (χ2v) is 7.46. The van der Waals surface area contributed by atoms with Gasteiger partial charge in [-0.2, -0.15) is 0 Å². The van der Waals surface area contributed by atoms with Crippen LogP contribution in [0.1, 0.15) is 19.8 Å². The number of benzene rings is 1. The van der Waals surface area contributed by atoms with E-state index in [1.165, 1.54) is 11.3 Å². The van der Waals surface area contributed by atoms with Crippen LogP contribution in [0.25, 0.3) is 10.2 Å². The van der Waals surface area contributed by atoms with Crippen molar-refractivity contribution in [3.63, 3.8) is 0 Å². The van der Waals surface area contributed by atoms with E-state index in [1.54, 1.807) is 6.07 Å². The average molecular weight is 427 g/mol. The molecule has 0 fully saturated rings. The van der Waals surface area contributed by atoms with E-state index in [2.05, 4.69) is 42.2 Å². The first kappa shape index (κ1) is 15.2. The summed E-state index contributed by atoms with van der Waals surface area (Å²) in [5.41, 5.74) is 0.715. The topological polar surface area (TPSA) is 42.0 Å². The van der Waals surface area contributed by atoms with Crippen molar-refractivity contribution in [2.75, 3.05) is 5.32 Å². The molecule has 102 valence electrons. The molecule has 1 unspecified atom stereocenters. The van der Waals surface area contributed by atoms with Crippen LogP contribution >= 0.6 is 54.8 Å². The second kappa shape index (κ2) is 6.52. The van der Waals surface area contributed by atoms with Gasteiger partial charge in [0.25, 0.3) is 0 Å². The van der Waals surface area contributed by atoms with Crippen LogP contribution in [0, 0.1) is 0 Å². The minimum Gasteiger partial charge on any atom is -0.301 e. The fourth-order valence-electron chi connectivity index (χ4n) is 1.58. The van der Waals surface area contributed by atoms with Crippen molar-refractivity contribution in [1.29, 1.82) is 0 Å². The maximum absolute atomic E-state index is 11.9. The first-order chi connectivity index (χ1) is 9.01.